The highest BCUT2D eigenvalue weighted by molar-refractivity contribution is 5.84. The van der Waals surface area contributed by atoms with Crippen LogP contribution < -0.4 is 0 Å². The van der Waals surface area contributed by atoms with Crippen LogP contribution in [-0.4, -0.2) is 24.9 Å². The van der Waals surface area contributed by atoms with E-state index >= 15 is 0 Å². The maximum Gasteiger partial charge on any atom is 0.233 e. The van der Waals surface area contributed by atoms with Crippen molar-refractivity contribution in [1.82, 2.24) is 4.90 Å². The number of nitrogens with zero attached hydrogens (tertiary/aromatic N) is 1. The molecule has 1 aliphatic carbocycles. The summed E-state index contributed by atoms with van der Waals surface area (Å²) in [7, 11) is 3.60. The average molecular weight is 193 g/mol. The number of carbonyl (C=O) groups is 1. The lowest BCUT2D eigenvalue weighted by atomic mass is 9.80. The Hall–Kier alpha value is -1.05. The minimum absolute atomic E-state index is 0.0509. The van der Waals surface area contributed by atoms with E-state index in [0.29, 0.717) is 0 Å². The van der Waals surface area contributed by atoms with Gasteiger partial charge in [-0.05, 0) is 11.0 Å². The van der Waals surface area contributed by atoms with Crippen LogP contribution in [0.3, 0.4) is 0 Å². The summed E-state index contributed by atoms with van der Waals surface area (Å²) in [6.07, 6.45) is 6.02. The zero-order valence-electron chi connectivity index (χ0n) is 9.66. The summed E-state index contributed by atoms with van der Waals surface area (Å²) in [5.41, 5.74) is 1.27. The van der Waals surface area contributed by atoms with Crippen molar-refractivity contribution in [3.8, 4) is 0 Å². The predicted molar refractivity (Wildman–Crippen MR) is 58.9 cm³/mol. The quantitative estimate of drug-likeness (QED) is 0.625. The molecule has 14 heavy (non-hydrogen) atoms. The second kappa shape index (κ2) is 3.60. The van der Waals surface area contributed by atoms with Gasteiger partial charge in [0.1, 0.15) is 0 Å². The summed E-state index contributed by atoms with van der Waals surface area (Å²) in [6.45, 7) is 6.42. The average Bonchev–Trinajstić information content (AvgIpc) is 2.48. The molecule has 0 N–H and O–H groups in total. The molecular formula is C12H19NO. The molecule has 0 spiro atoms. The third kappa shape index (κ3) is 2.06. The van der Waals surface area contributed by atoms with Gasteiger partial charge in [-0.3, -0.25) is 4.79 Å². The van der Waals surface area contributed by atoms with Crippen molar-refractivity contribution in [2.75, 3.05) is 14.1 Å². The van der Waals surface area contributed by atoms with Crippen molar-refractivity contribution >= 4 is 5.91 Å². The Bertz CT molecular complexity index is 292. The summed E-state index contributed by atoms with van der Waals surface area (Å²) < 4.78 is 0. The Morgan fingerprint density at radius 1 is 1.36 bits per heavy atom. The van der Waals surface area contributed by atoms with Gasteiger partial charge >= 0.3 is 0 Å². The Morgan fingerprint density at radius 2 is 1.93 bits per heavy atom. The molecule has 0 aromatic heterocycles. The fourth-order valence-electron chi connectivity index (χ4n) is 1.69. The fourth-order valence-corrected chi connectivity index (χ4v) is 1.69. The lowest BCUT2D eigenvalue weighted by Gasteiger charge is -2.27. The molecule has 0 aromatic carbocycles. The van der Waals surface area contributed by atoms with Crippen LogP contribution in [0.4, 0.5) is 0 Å². The van der Waals surface area contributed by atoms with E-state index in [1.165, 1.54) is 5.57 Å². The first-order chi connectivity index (χ1) is 6.34. The van der Waals surface area contributed by atoms with Crippen LogP contribution in [-0.2, 0) is 4.79 Å². The van der Waals surface area contributed by atoms with Crippen molar-refractivity contribution in [2.24, 2.45) is 11.3 Å². The second-order valence-electron chi connectivity index (χ2n) is 4.97. The minimum Gasteiger partial charge on any atom is -0.348 e. The third-order valence-electron chi connectivity index (χ3n) is 2.49. The summed E-state index contributed by atoms with van der Waals surface area (Å²) in [6, 6.07) is 0. The maximum absolute atomic E-state index is 11.8. The number of carbonyl (C=O) groups excluding carboxylic acids is 1. The first-order valence-electron chi connectivity index (χ1n) is 4.94. The third-order valence-corrected chi connectivity index (χ3v) is 2.49. The molecule has 1 aliphatic rings. The second-order valence-corrected chi connectivity index (χ2v) is 4.97. The number of amides is 1. The van der Waals surface area contributed by atoms with Gasteiger partial charge in [0.15, 0.2) is 0 Å². The first kappa shape index (κ1) is 11.0. The van der Waals surface area contributed by atoms with Gasteiger partial charge in [-0.25, -0.2) is 0 Å². The normalized spacial score (nSPS) is 20.9. The van der Waals surface area contributed by atoms with Crippen molar-refractivity contribution < 1.29 is 4.79 Å². The van der Waals surface area contributed by atoms with E-state index in [-0.39, 0.29) is 17.2 Å². The van der Waals surface area contributed by atoms with E-state index in [4.69, 9.17) is 0 Å². The van der Waals surface area contributed by atoms with Gasteiger partial charge in [0.2, 0.25) is 5.91 Å². The Morgan fingerprint density at radius 3 is 2.36 bits per heavy atom. The molecule has 0 fully saturated rings. The molecule has 0 heterocycles. The topological polar surface area (TPSA) is 20.3 Å². The van der Waals surface area contributed by atoms with Gasteiger partial charge in [-0.1, -0.05) is 39.0 Å². The summed E-state index contributed by atoms with van der Waals surface area (Å²) in [5, 5.41) is 0. The summed E-state index contributed by atoms with van der Waals surface area (Å²) in [4.78, 5) is 13.5. The van der Waals surface area contributed by atoms with E-state index in [1.54, 1.807) is 19.0 Å². The number of hydrogen-bond donors (Lipinski definition) is 0. The molecular weight excluding hydrogens is 174 g/mol. The largest absolute Gasteiger partial charge is 0.348 e. The summed E-state index contributed by atoms with van der Waals surface area (Å²) in [5.74, 6) is 0.116. The van der Waals surface area contributed by atoms with Crippen LogP contribution in [0.15, 0.2) is 23.8 Å². The van der Waals surface area contributed by atoms with Gasteiger partial charge in [-0.2, -0.15) is 0 Å². The Labute approximate surface area is 86.3 Å². The molecule has 1 amide bonds. The lowest BCUT2D eigenvalue weighted by Crippen LogP contribution is -2.31. The Balaban J connectivity index is 2.88. The van der Waals surface area contributed by atoms with Gasteiger partial charge in [0.25, 0.3) is 0 Å². The lowest BCUT2D eigenvalue weighted by molar-refractivity contribution is -0.130. The molecule has 78 valence electrons. The smallest absolute Gasteiger partial charge is 0.233 e. The van der Waals surface area contributed by atoms with Crippen molar-refractivity contribution in [1.29, 1.82) is 0 Å². The van der Waals surface area contributed by atoms with E-state index in [2.05, 4.69) is 26.8 Å². The SMILES string of the molecule is CN(C)C(=O)C1C=CC=C1C(C)(C)C. The highest BCUT2D eigenvalue weighted by Crippen LogP contribution is 2.35. The Kier molecular flexibility index (Phi) is 2.84. The van der Waals surface area contributed by atoms with Gasteiger partial charge in [0, 0.05) is 14.1 Å². The van der Waals surface area contributed by atoms with Crippen molar-refractivity contribution in [2.45, 2.75) is 20.8 Å². The van der Waals surface area contributed by atoms with Crippen molar-refractivity contribution in [3.63, 3.8) is 0 Å². The number of rotatable bonds is 1. The van der Waals surface area contributed by atoms with E-state index in [0.717, 1.165) is 0 Å². The van der Waals surface area contributed by atoms with E-state index < -0.39 is 0 Å². The summed E-state index contributed by atoms with van der Waals surface area (Å²) >= 11 is 0. The fraction of sp³-hybridized carbons (Fsp3) is 0.583. The number of allylic oxidation sites excluding steroid dienone is 2. The molecule has 0 saturated carbocycles. The predicted octanol–water partition coefficient (Wildman–Crippen LogP) is 2.23. The van der Waals surface area contributed by atoms with Crippen LogP contribution in [0.1, 0.15) is 20.8 Å². The van der Waals surface area contributed by atoms with Crippen LogP contribution in [0.25, 0.3) is 0 Å². The van der Waals surface area contributed by atoms with Crippen LogP contribution in [0.5, 0.6) is 0 Å². The minimum atomic E-state index is -0.0509. The molecule has 1 rings (SSSR count). The first-order valence-corrected chi connectivity index (χ1v) is 4.94. The maximum atomic E-state index is 11.8. The highest BCUT2D eigenvalue weighted by atomic mass is 16.2. The molecule has 2 nitrogen and oxygen atoms in total. The zero-order valence-corrected chi connectivity index (χ0v) is 9.66. The molecule has 1 unspecified atom stereocenters. The molecule has 0 bridgehead atoms. The molecule has 0 saturated heterocycles. The van der Waals surface area contributed by atoms with Gasteiger partial charge < -0.3 is 4.90 Å². The zero-order chi connectivity index (χ0) is 10.9. The molecule has 1 atom stereocenters. The monoisotopic (exact) mass is 193 g/mol. The van der Waals surface area contributed by atoms with Crippen LogP contribution in [0, 0.1) is 11.3 Å². The molecule has 0 aliphatic heterocycles. The van der Waals surface area contributed by atoms with E-state index in [9.17, 15) is 4.79 Å². The van der Waals surface area contributed by atoms with Crippen molar-refractivity contribution in [3.05, 3.63) is 23.8 Å². The van der Waals surface area contributed by atoms with E-state index in [1.807, 2.05) is 12.2 Å². The molecule has 2 heteroatoms. The van der Waals surface area contributed by atoms with Gasteiger partial charge in [-0.15, -0.1) is 0 Å². The van der Waals surface area contributed by atoms with Crippen LogP contribution >= 0.6 is 0 Å². The van der Waals surface area contributed by atoms with Gasteiger partial charge in [0.05, 0.1) is 5.92 Å². The van der Waals surface area contributed by atoms with Crippen LogP contribution in [0.2, 0.25) is 0 Å². The number of hydrogen-bond acceptors (Lipinski definition) is 1. The molecule has 0 aromatic rings. The highest BCUT2D eigenvalue weighted by Gasteiger charge is 2.31. The molecule has 0 radical (unpaired) electrons. The standard InChI is InChI=1S/C12H19NO/c1-12(2,3)10-8-6-7-9(10)11(14)13(4)5/h6-9H,1-5H3.